The Balaban J connectivity index is 1.32. The molecule has 39 heavy (non-hydrogen) atoms. The maximum absolute atomic E-state index is 12.6. The molecule has 2 aromatic carbocycles. The van der Waals surface area contributed by atoms with E-state index < -0.39 is 5.97 Å². The minimum atomic E-state index is -0.448. The molecule has 2 aromatic rings. The van der Waals surface area contributed by atoms with Crippen molar-refractivity contribution in [1.82, 2.24) is 0 Å². The molecule has 0 aliphatic heterocycles. The zero-order valence-corrected chi connectivity index (χ0v) is 22.8. The maximum atomic E-state index is 12.6. The number of hydrogen-bond donors (Lipinski definition) is 2. The molecule has 1 fully saturated rings. The van der Waals surface area contributed by atoms with Crippen molar-refractivity contribution in [2.75, 3.05) is 24.7 Å². The zero-order valence-electron chi connectivity index (χ0n) is 22.8. The van der Waals surface area contributed by atoms with Crippen LogP contribution >= 0.6 is 0 Å². The molecule has 0 saturated heterocycles. The van der Waals surface area contributed by atoms with Gasteiger partial charge in [0.05, 0.1) is 18.6 Å². The Labute approximate surface area is 232 Å². The van der Waals surface area contributed by atoms with Gasteiger partial charge in [-0.25, -0.2) is 4.79 Å². The quantitative estimate of drug-likeness (QED) is 0.0691. The lowest BCUT2D eigenvalue weighted by Crippen LogP contribution is -2.29. The number of esters is 2. The number of hydrogen-bond acceptors (Lipinski definition) is 7. The number of carbonyl (C=O) groups is 2. The third-order valence-corrected chi connectivity index (χ3v) is 6.96. The number of benzene rings is 2. The molecule has 7 nitrogen and oxygen atoms in total. The molecule has 0 amide bonds. The molecule has 1 aliphatic rings. The van der Waals surface area contributed by atoms with Crippen LogP contribution in [0.5, 0.6) is 5.75 Å². The van der Waals surface area contributed by atoms with E-state index in [2.05, 4.69) is 6.58 Å². The molecule has 0 bridgehead atoms. The number of allylic oxidation sites excluding steroid dienone is 1. The van der Waals surface area contributed by atoms with Gasteiger partial charge in [-0.15, -0.1) is 6.58 Å². The summed E-state index contributed by atoms with van der Waals surface area (Å²) in [4.78, 5) is 24.7. The lowest BCUT2D eigenvalue weighted by molar-refractivity contribution is -0.141. The van der Waals surface area contributed by atoms with E-state index >= 15 is 0 Å². The van der Waals surface area contributed by atoms with Crippen molar-refractivity contribution in [1.29, 1.82) is 0 Å². The van der Waals surface area contributed by atoms with E-state index in [4.69, 9.17) is 25.7 Å². The highest BCUT2D eigenvalue weighted by molar-refractivity contribution is 5.87. The van der Waals surface area contributed by atoms with Crippen molar-refractivity contribution in [2.24, 2.45) is 5.92 Å². The van der Waals surface area contributed by atoms with Crippen molar-refractivity contribution in [3.8, 4) is 5.75 Å². The molecule has 4 N–H and O–H groups in total. The summed E-state index contributed by atoms with van der Waals surface area (Å²) < 4.78 is 16.9. The highest BCUT2D eigenvalue weighted by Gasteiger charge is 2.28. The van der Waals surface area contributed by atoms with Crippen LogP contribution in [0.25, 0.3) is 6.08 Å². The molecule has 210 valence electrons. The third-order valence-electron chi connectivity index (χ3n) is 6.96. The van der Waals surface area contributed by atoms with Gasteiger partial charge in [-0.05, 0) is 92.5 Å². The van der Waals surface area contributed by atoms with Crippen LogP contribution in [0.15, 0.2) is 61.2 Å². The van der Waals surface area contributed by atoms with Gasteiger partial charge < -0.3 is 25.7 Å². The van der Waals surface area contributed by atoms with Crippen LogP contribution in [0.1, 0.15) is 68.9 Å². The fraction of sp³-hybridized carbons (Fsp3) is 0.438. The number of anilines is 2. The Morgan fingerprint density at radius 3 is 2.41 bits per heavy atom. The number of rotatable bonds is 15. The van der Waals surface area contributed by atoms with E-state index in [0.29, 0.717) is 23.5 Å². The number of carbonyl (C=O) groups excluding carboxylic acids is 2. The average molecular weight is 535 g/mol. The topological polar surface area (TPSA) is 114 Å². The fourth-order valence-electron chi connectivity index (χ4n) is 4.62. The Morgan fingerprint density at radius 1 is 0.923 bits per heavy atom. The summed E-state index contributed by atoms with van der Waals surface area (Å²) in [6.07, 6.45) is 14.9. The summed E-state index contributed by atoms with van der Waals surface area (Å²) in [7, 11) is 0. The second-order valence-electron chi connectivity index (χ2n) is 10.0. The summed E-state index contributed by atoms with van der Waals surface area (Å²) in [5.41, 5.74) is 14.6. The molecule has 0 radical (unpaired) electrons. The molecule has 7 heteroatoms. The van der Waals surface area contributed by atoms with E-state index in [1.54, 1.807) is 48.5 Å². The highest BCUT2D eigenvalue weighted by Crippen LogP contribution is 2.28. The monoisotopic (exact) mass is 534 g/mol. The van der Waals surface area contributed by atoms with Gasteiger partial charge in [-0.1, -0.05) is 31.1 Å². The first-order chi connectivity index (χ1) is 18.9. The number of nitrogen functional groups attached to an aromatic ring is 2. The smallest absolute Gasteiger partial charge is 0.330 e. The summed E-state index contributed by atoms with van der Waals surface area (Å²) in [6.45, 7) is 4.75. The molecular formula is C32H42N2O5. The summed E-state index contributed by atoms with van der Waals surface area (Å²) in [6, 6.07) is 12.3. The highest BCUT2D eigenvalue weighted by atomic mass is 16.5. The first-order valence-electron chi connectivity index (χ1n) is 14.0. The van der Waals surface area contributed by atoms with Gasteiger partial charge >= 0.3 is 11.9 Å². The van der Waals surface area contributed by atoms with Crippen molar-refractivity contribution in [3.63, 3.8) is 0 Å². The van der Waals surface area contributed by atoms with E-state index in [-0.39, 0.29) is 24.6 Å². The molecule has 0 atom stereocenters. The van der Waals surface area contributed by atoms with Gasteiger partial charge in [0.25, 0.3) is 0 Å². The lowest BCUT2D eigenvalue weighted by atomic mass is 9.87. The predicted molar refractivity (Wildman–Crippen MR) is 156 cm³/mol. The van der Waals surface area contributed by atoms with Crippen molar-refractivity contribution >= 4 is 29.4 Å². The first-order valence-corrected chi connectivity index (χ1v) is 14.0. The van der Waals surface area contributed by atoms with Crippen LogP contribution < -0.4 is 16.2 Å². The zero-order chi connectivity index (χ0) is 27.9. The number of nitrogens with two attached hydrogens (primary N) is 2. The SMILES string of the molecule is C=CCCCCCCOC1CCC(C(=O)Oc2ccc(C=CC(=O)OCCc3cc(N)ccc3N)cc2)CC1. The van der Waals surface area contributed by atoms with Crippen LogP contribution in [-0.2, 0) is 25.5 Å². The third kappa shape index (κ3) is 11.0. The predicted octanol–water partition coefficient (Wildman–Crippen LogP) is 6.27. The standard InChI is InChI=1S/C32H42N2O5/c1-2-3-4-5-6-7-21-37-28-16-11-25(12-17-28)32(36)39-29-14-8-24(9-15-29)10-19-31(35)38-22-20-26-23-27(33)13-18-30(26)34/h2,8-10,13-15,18-19,23,25,28H,1,3-7,11-12,16-17,20-22,33-34H2. The molecule has 0 aromatic heterocycles. The van der Waals surface area contributed by atoms with Crippen molar-refractivity contribution < 1.29 is 23.8 Å². The molecule has 3 rings (SSSR count). The van der Waals surface area contributed by atoms with Gasteiger partial charge in [0.2, 0.25) is 0 Å². The maximum Gasteiger partial charge on any atom is 0.330 e. The van der Waals surface area contributed by atoms with E-state index in [1.165, 1.54) is 25.3 Å². The van der Waals surface area contributed by atoms with Crippen molar-refractivity contribution in [2.45, 2.75) is 70.3 Å². The van der Waals surface area contributed by atoms with Crippen LogP contribution in [-0.4, -0.2) is 31.3 Å². The van der Waals surface area contributed by atoms with Gasteiger partial charge in [-0.3, -0.25) is 4.79 Å². The lowest BCUT2D eigenvalue weighted by Gasteiger charge is -2.27. The Bertz CT molecular complexity index is 1090. The Morgan fingerprint density at radius 2 is 1.67 bits per heavy atom. The Kier molecular flexibility index (Phi) is 12.6. The van der Waals surface area contributed by atoms with Crippen molar-refractivity contribution in [3.05, 3.63) is 72.3 Å². The van der Waals surface area contributed by atoms with E-state index in [1.807, 2.05) is 6.08 Å². The molecule has 1 saturated carbocycles. The minimum Gasteiger partial charge on any atom is -0.462 e. The number of ether oxygens (including phenoxy) is 3. The summed E-state index contributed by atoms with van der Waals surface area (Å²) >= 11 is 0. The van der Waals surface area contributed by atoms with Crippen LogP contribution in [0.2, 0.25) is 0 Å². The molecule has 0 unspecified atom stereocenters. The molecule has 0 heterocycles. The van der Waals surface area contributed by atoms with Gasteiger partial charge in [0.15, 0.2) is 0 Å². The van der Waals surface area contributed by atoms with Gasteiger partial charge in [0, 0.05) is 30.5 Å². The molecule has 1 aliphatic carbocycles. The van der Waals surface area contributed by atoms with Gasteiger partial charge in [-0.2, -0.15) is 0 Å². The normalized spacial score (nSPS) is 17.1. The van der Waals surface area contributed by atoms with E-state index in [0.717, 1.165) is 56.3 Å². The number of unbranched alkanes of at least 4 members (excludes halogenated alkanes) is 4. The average Bonchev–Trinajstić information content (AvgIpc) is 2.94. The van der Waals surface area contributed by atoms with Crippen LogP contribution in [0.3, 0.4) is 0 Å². The second-order valence-corrected chi connectivity index (χ2v) is 10.0. The summed E-state index contributed by atoms with van der Waals surface area (Å²) in [5, 5.41) is 0. The molecule has 0 spiro atoms. The van der Waals surface area contributed by atoms with E-state index in [9.17, 15) is 9.59 Å². The minimum absolute atomic E-state index is 0.0965. The van der Waals surface area contributed by atoms with Gasteiger partial charge in [0.1, 0.15) is 5.75 Å². The van der Waals surface area contributed by atoms with Crippen LogP contribution in [0, 0.1) is 5.92 Å². The largest absolute Gasteiger partial charge is 0.462 e. The second kappa shape index (κ2) is 16.4. The fourth-order valence-corrected chi connectivity index (χ4v) is 4.62. The van der Waals surface area contributed by atoms with Crippen LogP contribution in [0.4, 0.5) is 11.4 Å². The summed E-state index contributed by atoms with van der Waals surface area (Å²) in [5.74, 6) is -0.241. The first kappa shape index (κ1) is 30.0. The Hall–Kier alpha value is -3.58. The molecular weight excluding hydrogens is 492 g/mol.